The van der Waals surface area contributed by atoms with E-state index in [4.69, 9.17) is 4.74 Å². The normalized spacial score (nSPS) is 16.6. The van der Waals surface area contributed by atoms with Crippen LogP contribution in [-0.2, 0) is 18.2 Å². The van der Waals surface area contributed by atoms with Crippen LogP contribution in [0.3, 0.4) is 0 Å². The molecule has 0 saturated heterocycles. The Morgan fingerprint density at radius 1 is 1.38 bits per heavy atom. The molecule has 1 aliphatic rings. The average molecular weight is 391 g/mol. The molecule has 126 valence electrons. The molecule has 1 aliphatic carbocycles. The lowest BCUT2D eigenvalue weighted by Crippen LogP contribution is -2.30. The van der Waals surface area contributed by atoms with Crippen LogP contribution >= 0.6 is 15.9 Å². The first-order chi connectivity index (χ1) is 11.4. The fourth-order valence-corrected chi connectivity index (χ4v) is 3.50. The van der Waals surface area contributed by atoms with E-state index in [0.717, 1.165) is 29.3 Å². The molecule has 0 aliphatic heterocycles. The third-order valence-corrected chi connectivity index (χ3v) is 5.04. The molecular formula is C18H19BrN2O3. The molecule has 0 N–H and O–H groups in total. The van der Waals surface area contributed by atoms with Gasteiger partial charge in [0.25, 0.3) is 5.56 Å². The van der Waals surface area contributed by atoms with Crippen molar-refractivity contribution in [2.75, 3.05) is 0 Å². The van der Waals surface area contributed by atoms with Gasteiger partial charge in [-0.2, -0.15) is 5.10 Å². The standard InChI is InChI=1S/C18H19BrN2O3/c1-10-11(2)20-21(3)17(22)16(10)18(23)24-15-6-4-5-12-7-8-13(19)9-14(12)15/h7-9,15H,4-6H2,1-3H3/t15-/m0/s1. The quantitative estimate of drug-likeness (QED) is 0.737. The van der Waals surface area contributed by atoms with Gasteiger partial charge in [-0.1, -0.05) is 22.0 Å². The van der Waals surface area contributed by atoms with E-state index in [1.54, 1.807) is 20.9 Å². The Morgan fingerprint density at radius 3 is 2.88 bits per heavy atom. The Labute approximate surface area is 148 Å². The lowest BCUT2D eigenvalue weighted by Gasteiger charge is -2.26. The monoisotopic (exact) mass is 390 g/mol. The predicted octanol–water partition coefficient (Wildman–Crippen LogP) is 3.39. The number of nitrogens with zero attached hydrogens (tertiary/aromatic N) is 2. The van der Waals surface area contributed by atoms with Gasteiger partial charge in [-0.15, -0.1) is 0 Å². The first kappa shape index (κ1) is 16.9. The predicted molar refractivity (Wildman–Crippen MR) is 94.2 cm³/mol. The van der Waals surface area contributed by atoms with E-state index in [1.165, 1.54) is 10.2 Å². The molecule has 1 heterocycles. The summed E-state index contributed by atoms with van der Waals surface area (Å²) >= 11 is 3.47. The fourth-order valence-electron chi connectivity index (χ4n) is 3.13. The van der Waals surface area contributed by atoms with Gasteiger partial charge >= 0.3 is 5.97 Å². The number of rotatable bonds is 2. The lowest BCUT2D eigenvalue weighted by molar-refractivity contribution is 0.0252. The summed E-state index contributed by atoms with van der Waals surface area (Å²) in [5.41, 5.74) is 3.09. The van der Waals surface area contributed by atoms with E-state index >= 15 is 0 Å². The first-order valence-electron chi connectivity index (χ1n) is 7.92. The van der Waals surface area contributed by atoms with Crippen molar-refractivity contribution in [2.24, 2.45) is 7.05 Å². The number of halogens is 1. The van der Waals surface area contributed by atoms with Gasteiger partial charge in [-0.05, 0) is 61.9 Å². The molecular weight excluding hydrogens is 372 g/mol. The average Bonchev–Trinajstić information content (AvgIpc) is 2.54. The highest BCUT2D eigenvalue weighted by Gasteiger charge is 2.27. The van der Waals surface area contributed by atoms with Crippen LogP contribution in [0.5, 0.6) is 0 Å². The SMILES string of the molecule is Cc1nn(C)c(=O)c(C(=O)O[C@H]2CCCc3ccc(Br)cc32)c1C. The van der Waals surface area contributed by atoms with Crippen molar-refractivity contribution in [1.29, 1.82) is 0 Å². The second-order valence-electron chi connectivity index (χ2n) is 6.14. The summed E-state index contributed by atoms with van der Waals surface area (Å²) in [7, 11) is 1.54. The molecule has 0 bridgehead atoms. The van der Waals surface area contributed by atoms with E-state index in [0.29, 0.717) is 11.3 Å². The summed E-state index contributed by atoms with van der Waals surface area (Å²) < 4.78 is 7.87. The zero-order valence-electron chi connectivity index (χ0n) is 13.9. The summed E-state index contributed by atoms with van der Waals surface area (Å²) in [6, 6.07) is 6.05. The van der Waals surface area contributed by atoms with Crippen LogP contribution in [0.2, 0.25) is 0 Å². The number of esters is 1. The summed E-state index contributed by atoms with van der Waals surface area (Å²) in [5, 5.41) is 4.10. The van der Waals surface area contributed by atoms with Crippen molar-refractivity contribution in [2.45, 2.75) is 39.2 Å². The zero-order chi connectivity index (χ0) is 17.4. The van der Waals surface area contributed by atoms with Crippen LogP contribution in [0, 0.1) is 13.8 Å². The molecule has 2 aromatic rings. The third kappa shape index (κ3) is 3.02. The van der Waals surface area contributed by atoms with E-state index in [1.807, 2.05) is 12.1 Å². The summed E-state index contributed by atoms with van der Waals surface area (Å²) in [6.45, 7) is 3.50. The van der Waals surface area contributed by atoms with Gasteiger partial charge in [0.15, 0.2) is 0 Å². The minimum Gasteiger partial charge on any atom is -0.454 e. The zero-order valence-corrected chi connectivity index (χ0v) is 15.5. The van der Waals surface area contributed by atoms with Gasteiger partial charge in [0.1, 0.15) is 11.7 Å². The molecule has 24 heavy (non-hydrogen) atoms. The van der Waals surface area contributed by atoms with E-state index in [2.05, 4.69) is 27.1 Å². The molecule has 0 radical (unpaired) electrons. The van der Waals surface area contributed by atoms with Crippen molar-refractivity contribution in [3.63, 3.8) is 0 Å². The number of carbonyl (C=O) groups is 1. The number of ether oxygens (including phenoxy) is 1. The van der Waals surface area contributed by atoms with Crippen molar-refractivity contribution in [1.82, 2.24) is 9.78 Å². The highest BCUT2D eigenvalue weighted by molar-refractivity contribution is 9.10. The van der Waals surface area contributed by atoms with Crippen LogP contribution in [-0.4, -0.2) is 15.7 Å². The molecule has 0 fully saturated rings. The van der Waals surface area contributed by atoms with Crippen molar-refractivity contribution >= 4 is 21.9 Å². The Bertz CT molecular complexity index is 873. The van der Waals surface area contributed by atoms with Gasteiger partial charge in [0, 0.05) is 11.5 Å². The van der Waals surface area contributed by atoms with Crippen LogP contribution in [0.15, 0.2) is 27.5 Å². The van der Waals surface area contributed by atoms with Crippen LogP contribution in [0.1, 0.15) is 51.7 Å². The lowest BCUT2D eigenvalue weighted by atomic mass is 9.89. The highest BCUT2D eigenvalue weighted by atomic mass is 79.9. The molecule has 0 spiro atoms. The summed E-state index contributed by atoms with van der Waals surface area (Å²) in [5.74, 6) is -0.573. The molecule has 1 aromatic carbocycles. The smallest absolute Gasteiger partial charge is 0.344 e. The van der Waals surface area contributed by atoms with Crippen molar-refractivity contribution < 1.29 is 9.53 Å². The van der Waals surface area contributed by atoms with E-state index in [-0.39, 0.29) is 11.7 Å². The maximum absolute atomic E-state index is 12.7. The second kappa shape index (κ2) is 6.51. The maximum Gasteiger partial charge on any atom is 0.344 e. The third-order valence-electron chi connectivity index (χ3n) is 4.55. The Balaban J connectivity index is 1.96. The fraction of sp³-hybridized carbons (Fsp3) is 0.389. The number of fused-ring (bicyclic) bond motifs is 1. The van der Waals surface area contributed by atoms with Crippen LogP contribution in [0.25, 0.3) is 0 Å². The number of aromatic nitrogens is 2. The van der Waals surface area contributed by atoms with Crippen LogP contribution in [0.4, 0.5) is 0 Å². The number of aryl methyl sites for hydroxylation is 3. The molecule has 3 rings (SSSR count). The van der Waals surface area contributed by atoms with Gasteiger partial charge in [0.2, 0.25) is 0 Å². The molecule has 1 aromatic heterocycles. The van der Waals surface area contributed by atoms with E-state index in [9.17, 15) is 9.59 Å². The van der Waals surface area contributed by atoms with Gasteiger partial charge in [-0.3, -0.25) is 4.79 Å². The second-order valence-corrected chi connectivity index (χ2v) is 7.06. The minimum atomic E-state index is -0.573. The highest BCUT2D eigenvalue weighted by Crippen LogP contribution is 2.34. The Morgan fingerprint density at radius 2 is 2.12 bits per heavy atom. The Hall–Kier alpha value is -1.95. The van der Waals surface area contributed by atoms with Gasteiger partial charge in [0.05, 0.1) is 5.69 Å². The maximum atomic E-state index is 12.7. The van der Waals surface area contributed by atoms with Crippen molar-refractivity contribution in [3.8, 4) is 0 Å². The largest absolute Gasteiger partial charge is 0.454 e. The number of hydrogen-bond donors (Lipinski definition) is 0. The minimum absolute atomic E-state index is 0.0760. The number of hydrogen-bond acceptors (Lipinski definition) is 4. The molecule has 1 atom stereocenters. The molecule has 6 heteroatoms. The number of carbonyl (C=O) groups excluding carboxylic acids is 1. The summed E-state index contributed by atoms with van der Waals surface area (Å²) in [6.07, 6.45) is 2.37. The molecule has 0 saturated carbocycles. The topological polar surface area (TPSA) is 61.2 Å². The molecule has 0 amide bonds. The van der Waals surface area contributed by atoms with Crippen molar-refractivity contribution in [3.05, 3.63) is 61.0 Å². The Kier molecular flexibility index (Phi) is 4.58. The summed E-state index contributed by atoms with van der Waals surface area (Å²) in [4.78, 5) is 25.0. The van der Waals surface area contributed by atoms with E-state index < -0.39 is 11.5 Å². The molecule has 5 nitrogen and oxygen atoms in total. The molecule has 0 unspecified atom stereocenters. The van der Waals surface area contributed by atoms with Gasteiger partial charge in [-0.25, -0.2) is 9.48 Å². The van der Waals surface area contributed by atoms with Crippen LogP contribution < -0.4 is 5.56 Å². The first-order valence-corrected chi connectivity index (χ1v) is 8.71. The number of benzene rings is 1. The van der Waals surface area contributed by atoms with Gasteiger partial charge < -0.3 is 4.74 Å².